The highest BCUT2D eigenvalue weighted by molar-refractivity contribution is 5.65. The topological polar surface area (TPSA) is 65.0 Å². The standard InChI is InChI=1S/C14H25N3O3/c1-10-6-15-12(8-17(10)14(18)19)7-16-4-5-20-9-13(16)11-2-3-11/h10-13,15H,2-9H2,1H3,(H,18,19)/t10-,12?,13?/m0/s1. The van der Waals surface area contributed by atoms with Gasteiger partial charge >= 0.3 is 6.09 Å². The van der Waals surface area contributed by atoms with Gasteiger partial charge in [0, 0.05) is 44.3 Å². The third-order valence-electron chi connectivity index (χ3n) is 4.80. The van der Waals surface area contributed by atoms with Crippen molar-refractivity contribution in [2.24, 2.45) is 5.92 Å². The zero-order valence-corrected chi connectivity index (χ0v) is 12.1. The maximum absolute atomic E-state index is 11.2. The summed E-state index contributed by atoms with van der Waals surface area (Å²) in [5, 5.41) is 12.7. The van der Waals surface area contributed by atoms with E-state index < -0.39 is 6.09 Å². The first kappa shape index (κ1) is 14.1. The zero-order chi connectivity index (χ0) is 14.1. The molecule has 1 aliphatic carbocycles. The summed E-state index contributed by atoms with van der Waals surface area (Å²) in [6, 6.07) is 0.845. The van der Waals surface area contributed by atoms with Gasteiger partial charge in [-0.05, 0) is 25.7 Å². The minimum absolute atomic E-state index is 0.0627. The molecule has 0 bridgehead atoms. The number of carbonyl (C=O) groups is 1. The predicted molar refractivity (Wildman–Crippen MR) is 74.9 cm³/mol. The summed E-state index contributed by atoms with van der Waals surface area (Å²) >= 11 is 0. The van der Waals surface area contributed by atoms with Crippen molar-refractivity contribution in [3.8, 4) is 0 Å². The molecular weight excluding hydrogens is 258 g/mol. The molecule has 114 valence electrons. The molecule has 0 aromatic carbocycles. The highest BCUT2D eigenvalue weighted by Gasteiger charge is 2.38. The molecular formula is C14H25N3O3. The smallest absolute Gasteiger partial charge is 0.407 e. The number of nitrogens with one attached hydrogen (secondary N) is 1. The molecule has 2 N–H and O–H groups in total. The number of piperazine rings is 1. The Bertz CT molecular complexity index is 362. The van der Waals surface area contributed by atoms with Gasteiger partial charge in [0.05, 0.1) is 13.2 Å². The fourth-order valence-electron chi connectivity index (χ4n) is 3.40. The molecule has 2 saturated heterocycles. The molecule has 3 rings (SSSR count). The number of amides is 1. The molecule has 6 heteroatoms. The van der Waals surface area contributed by atoms with Crippen LogP contribution in [0.25, 0.3) is 0 Å². The van der Waals surface area contributed by atoms with Crippen molar-refractivity contribution in [1.82, 2.24) is 15.1 Å². The van der Waals surface area contributed by atoms with Crippen molar-refractivity contribution in [3.05, 3.63) is 0 Å². The number of hydrogen-bond acceptors (Lipinski definition) is 4. The number of nitrogens with zero attached hydrogens (tertiary/aromatic N) is 2. The monoisotopic (exact) mass is 283 g/mol. The van der Waals surface area contributed by atoms with Crippen LogP contribution in [0.2, 0.25) is 0 Å². The summed E-state index contributed by atoms with van der Waals surface area (Å²) < 4.78 is 5.61. The van der Waals surface area contributed by atoms with Crippen LogP contribution in [0.3, 0.4) is 0 Å². The fraction of sp³-hybridized carbons (Fsp3) is 0.929. The van der Waals surface area contributed by atoms with E-state index >= 15 is 0 Å². The summed E-state index contributed by atoms with van der Waals surface area (Å²) in [5.74, 6) is 0.799. The van der Waals surface area contributed by atoms with Crippen LogP contribution in [0.1, 0.15) is 19.8 Å². The Labute approximate surface area is 120 Å². The second-order valence-electron chi connectivity index (χ2n) is 6.36. The maximum Gasteiger partial charge on any atom is 0.407 e. The van der Waals surface area contributed by atoms with Crippen molar-refractivity contribution in [2.75, 3.05) is 39.4 Å². The molecule has 3 aliphatic rings. The molecule has 0 spiro atoms. The summed E-state index contributed by atoms with van der Waals surface area (Å²) in [6.45, 7) is 6.84. The molecule has 2 aliphatic heterocycles. The van der Waals surface area contributed by atoms with Crippen LogP contribution in [-0.4, -0.2) is 78.5 Å². The van der Waals surface area contributed by atoms with Gasteiger partial charge in [-0.1, -0.05) is 0 Å². The average Bonchev–Trinajstić information content (AvgIpc) is 3.26. The Balaban J connectivity index is 1.57. The lowest BCUT2D eigenvalue weighted by Gasteiger charge is -2.42. The van der Waals surface area contributed by atoms with Gasteiger partial charge in [-0.3, -0.25) is 4.90 Å². The van der Waals surface area contributed by atoms with E-state index in [-0.39, 0.29) is 12.1 Å². The molecule has 2 unspecified atom stereocenters. The predicted octanol–water partition coefficient (Wildman–Crippen LogP) is 0.438. The van der Waals surface area contributed by atoms with Gasteiger partial charge in [-0.15, -0.1) is 0 Å². The second kappa shape index (κ2) is 5.87. The van der Waals surface area contributed by atoms with Crippen LogP contribution in [0.15, 0.2) is 0 Å². The van der Waals surface area contributed by atoms with Gasteiger partial charge in [0.25, 0.3) is 0 Å². The van der Waals surface area contributed by atoms with E-state index in [4.69, 9.17) is 4.74 Å². The van der Waals surface area contributed by atoms with Gasteiger partial charge in [0.2, 0.25) is 0 Å². The van der Waals surface area contributed by atoms with E-state index in [1.165, 1.54) is 12.8 Å². The molecule has 2 heterocycles. The second-order valence-corrected chi connectivity index (χ2v) is 6.36. The van der Waals surface area contributed by atoms with E-state index in [1.807, 2.05) is 6.92 Å². The van der Waals surface area contributed by atoms with E-state index in [1.54, 1.807) is 4.90 Å². The molecule has 1 amide bonds. The minimum Gasteiger partial charge on any atom is -0.465 e. The van der Waals surface area contributed by atoms with Crippen molar-refractivity contribution in [3.63, 3.8) is 0 Å². The van der Waals surface area contributed by atoms with Crippen LogP contribution in [0.5, 0.6) is 0 Å². The highest BCUT2D eigenvalue weighted by atomic mass is 16.5. The third-order valence-corrected chi connectivity index (χ3v) is 4.80. The van der Waals surface area contributed by atoms with Gasteiger partial charge in [-0.2, -0.15) is 0 Å². The van der Waals surface area contributed by atoms with Crippen molar-refractivity contribution in [2.45, 2.75) is 37.9 Å². The van der Waals surface area contributed by atoms with E-state index in [0.29, 0.717) is 12.6 Å². The minimum atomic E-state index is -0.801. The normalized spacial score (nSPS) is 36.0. The van der Waals surface area contributed by atoms with Gasteiger partial charge in [-0.25, -0.2) is 4.79 Å². The largest absolute Gasteiger partial charge is 0.465 e. The first-order valence-corrected chi connectivity index (χ1v) is 7.70. The molecule has 3 atom stereocenters. The summed E-state index contributed by atoms with van der Waals surface area (Å²) in [5.41, 5.74) is 0. The lowest BCUT2D eigenvalue weighted by Crippen LogP contribution is -2.61. The molecule has 1 saturated carbocycles. The summed E-state index contributed by atoms with van der Waals surface area (Å²) in [6.07, 6.45) is 1.84. The Morgan fingerprint density at radius 2 is 2.25 bits per heavy atom. The average molecular weight is 283 g/mol. The zero-order valence-electron chi connectivity index (χ0n) is 12.1. The molecule has 0 aromatic heterocycles. The maximum atomic E-state index is 11.2. The van der Waals surface area contributed by atoms with Crippen LogP contribution >= 0.6 is 0 Å². The number of hydrogen-bond donors (Lipinski definition) is 2. The molecule has 0 aromatic rings. The summed E-state index contributed by atoms with van der Waals surface area (Å²) in [7, 11) is 0. The van der Waals surface area contributed by atoms with Gasteiger partial charge < -0.3 is 20.1 Å². The molecule has 6 nitrogen and oxygen atoms in total. The van der Waals surface area contributed by atoms with Gasteiger partial charge in [0.15, 0.2) is 0 Å². The number of carboxylic acid groups (broad SMARTS) is 1. The molecule has 20 heavy (non-hydrogen) atoms. The summed E-state index contributed by atoms with van der Waals surface area (Å²) in [4.78, 5) is 15.3. The number of morpholine rings is 1. The van der Waals surface area contributed by atoms with E-state index in [2.05, 4.69) is 10.2 Å². The fourth-order valence-corrected chi connectivity index (χ4v) is 3.40. The first-order chi connectivity index (χ1) is 9.65. The van der Waals surface area contributed by atoms with Crippen LogP contribution in [-0.2, 0) is 4.74 Å². The van der Waals surface area contributed by atoms with Crippen LogP contribution < -0.4 is 5.32 Å². The third kappa shape index (κ3) is 3.07. The first-order valence-electron chi connectivity index (χ1n) is 7.70. The van der Waals surface area contributed by atoms with Crippen molar-refractivity contribution in [1.29, 1.82) is 0 Å². The SMILES string of the molecule is C[C@H]1CNC(CN2CCOCC2C2CC2)CN1C(=O)O. The highest BCUT2D eigenvalue weighted by Crippen LogP contribution is 2.36. The Hall–Kier alpha value is -0.850. The van der Waals surface area contributed by atoms with Crippen molar-refractivity contribution < 1.29 is 14.6 Å². The quantitative estimate of drug-likeness (QED) is 0.787. The van der Waals surface area contributed by atoms with Gasteiger partial charge in [0.1, 0.15) is 0 Å². The van der Waals surface area contributed by atoms with Crippen LogP contribution in [0, 0.1) is 5.92 Å². The van der Waals surface area contributed by atoms with Crippen LogP contribution in [0.4, 0.5) is 4.79 Å². The number of rotatable bonds is 3. The molecule has 3 fully saturated rings. The lowest BCUT2D eigenvalue weighted by molar-refractivity contribution is -0.0235. The molecule has 0 radical (unpaired) electrons. The number of ether oxygens (including phenoxy) is 1. The van der Waals surface area contributed by atoms with Crippen molar-refractivity contribution >= 4 is 6.09 Å². The van der Waals surface area contributed by atoms with E-state index in [9.17, 15) is 9.90 Å². The lowest BCUT2D eigenvalue weighted by atomic mass is 10.1. The Morgan fingerprint density at radius 1 is 1.45 bits per heavy atom. The van der Waals surface area contributed by atoms with E-state index in [0.717, 1.165) is 38.8 Å². The Morgan fingerprint density at radius 3 is 2.95 bits per heavy atom. The Kier molecular flexibility index (Phi) is 4.14.